The highest BCUT2D eigenvalue weighted by atomic mass is 16.2. The molecule has 2 heterocycles. The molecule has 0 saturated carbocycles. The summed E-state index contributed by atoms with van der Waals surface area (Å²) in [6.07, 6.45) is 1.41. The van der Waals surface area contributed by atoms with E-state index in [9.17, 15) is 9.59 Å². The third kappa shape index (κ3) is 4.25. The molecule has 1 aromatic heterocycles. The third-order valence-electron chi connectivity index (χ3n) is 5.41. The van der Waals surface area contributed by atoms with Crippen molar-refractivity contribution in [1.82, 2.24) is 19.6 Å². The van der Waals surface area contributed by atoms with Gasteiger partial charge in [-0.25, -0.2) is 9.48 Å². The van der Waals surface area contributed by atoms with E-state index in [0.717, 1.165) is 11.3 Å². The monoisotopic (exact) mass is 429 g/mol. The van der Waals surface area contributed by atoms with Gasteiger partial charge in [0.1, 0.15) is 17.5 Å². The van der Waals surface area contributed by atoms with Crippen LogP contribution in [0, 0.1) is 18.3 Å². The van der Waals surface area contributed by atoms with Crippen molar-refractivity contribution < 1.29 is 9.59 Å². The van der Waals surface area contributed by atoms with Crippen LogP contribution in [0.3, 0.4) is 0 Å². The van der Waals surface area contributed by atoms with Crippen molar-refractivity contribution in [3.05, 3.63) is 71.4 Å². The van der Waals surface area contributed by atoms with E-state index in [-0.39, 0.29) is 17.8 Å². The first kappa shape index (κ1) is 20.9. The second-order valence-electron chi connectivity index (χ2n) is 7.59. The Morgan fingerprint density at radius 1 is 1.06 bits per heavy atom. The highest BCUT2D eigenvalue weighted by Crippen LogP contribution is 2.18. The molecule has 1 saturated heterocycles. The molecule has 0 bridgehead atoms. The zero-order valence-corrected chi connectivity index (χ0v) is 17.7. The van der Waals surface area contributed by atoms with E-state index in [0.29, 0.717) is 43.0 Å². The van der Waals surface area contributed by atoms with Crippen molar-refractivity contribution in [2.24, 2.45) is 0 Å². The van der Waals surface area contributed by atoms with Crippen LogP contribution in [0.15, 0.2) is 54.7 Å². The van der Waals surface area contributed by atoms with Crippen LogP contribution in [0.5, 0.6) is 0 Å². The van der Waals surface area contributed by atoms with Crippen molar-refractivity contribution in [2.45, 2.75) is 6.92 Å². The molecule has 0 unspecified atom stereocenters. The molecule has 4 rings (SSSR count). The van der Waals surface area contributed by atoms with Crippen molar-refractivity contribution in [1.29, 1.82) is 5.26 Å². The van der Waals surface area contributed by atoms with E-state index in [1.807, 2.05) is 37.3 Å². The Morgan fingerprint density at radius 3 is 2.38 bits per heavy atom. The number of aromatic nitrogens is 2. The predicted molar refractivity (Wildman–Crippen MR) is 120 cm³/mol. The fourth-order valence-corrected chi connectivity index (χ4v) is 3.62. The minimum Gasteiger partial charge on any atom is -0.382 e. The lowest BCUT2D eigenvalue weighted by molar-refractivity contribution is 0.0671. The fourth-order valence-electron chi connectivity index (χ4n) is 3.62. The van der Waals surface area contributed by atoms with Crippen LogP contribution in [0.2, 0.25) is 0 Å². The summed E-state index contributed by atoms with van der Waals surface area (Å²) in [4.78, 5) is 28.9. The maximum absolute atomic E-state index is 12.9. The number of nitrogens with one attached hydrogen (secondary N) is 1. The lowest BCUT2D eigenvalue weighted by Crippen LogP contribution is -2.51. The van der Waals surface area contributed by atoms with E-state index in [1.54, 1.807) is 34.1 Å². The number of piperazine rings is 1. The smallest absolute Gasteiger partial charge is 0.321 e. The van der Waals surface area contributed by atoms with Crippen LogP contribution in [0.25, 0.3) is 5.69 Å². The third-order valence-corrected chi connectivity index (χ3v) is 5.41. The standard InChI is InChI=1S/C23H23N7O2/c1-16-3-2-4-19(13-16)27-23(32)29-11-9-28(10-12-29)22(31)17-5-7-20(8-6-17)30-21(25)18(14-24)15-26-30/h2-8,13,15H,9-12,25H2,1H3,(H,27,32). The number of anilines is 2. The minimum absolute atomic E-state index is 0.0959. The number of urea groups is 1. The number of rotatable bonds is 3. The number of benzene rings is 2. The normalized spacial score (nSPS) is 13.5. The van der Waals surface area contributed by atoms with Crippen LogP contribution in [-0.4, -0.2) is 57.7 Å². The number of nitrogens with two attached hydrogens (primary N) is 1. The number of aryl methyl sites for hydroxylation is 1. The fraction of sp³-hybridized carbons (Fsp3) is 0.217. The molecule has 0 atom stereocenters. The Bertz CT molecular complexity index is 1190. The Balaban J connectivity index is 1.35. The molecule has 162 valence electrons. The van der Waals surface area contributed by atoms with Gasteiger partial charge < -0.3 is 20.9 Å². The topological polar surface area (TPSA) is 120 Å². The summed E-state index contributed by atoms with van der Waals surface area (Å²) < 4.78 is 1.46. The van der Waals surface area contributed by atoms with Gasteiger partial charge in [0.25, 0.3) is 5.91 Å². The number of nitrogen functional groups attached to an aromatic ring is 1. The summed E-state index contributed by atoms with van der Waals surface area (Å²) in [5.74, 6) is 0.160. The lowest BCUT2D eigenvalue weighted by atomic mass is 10.1. The molecule has 0 spiro atoms. The Kier molecular flexibility index (Phi) is 5.77. The molecule has 1 aliphatic heterocycles. The number of carbonyl (C=O) groups is 2. The molecular formula is C23H23N7O2. The average molecular weight is 429 g/mol. The van der Waals surface area contributed by atoms with E-state index < -0.39 is 0 Å². The number of nitriles is 1. The second-order valence-corrected chi connectivity index (χ2v) is 7.59. The van der Waals surface area contributed by atoms with Crippen molar-refractivity contribution in [3.63, 3.8) is 0 Å². The molecule has 0 aliphatic carbocycles. The SMILES string of the molecule is Cc1cccc(NC(=O)N2CCN(C(=O)c3ccc(-n4ncc(C#N)c4N)cc3)CC2)c1. The molecule has 3 aromatic rings. The van der Waals surface area contributed by atoms with Gasteiger partial charge in [0.2, 0.25) is 0 Å². The molecule has 1 aliphatic rings. The van der Waals surface area contributed by atoms with Gasteiger partial charge in [-0.1, -0.05) is 12.1 Å². The lowest BCUT2D eigenvalue weighted by Gasteiger charge is -2.34. The predicted octanol–water partition coefficient (Wildman–Crippen LogP) is 2.62. The molecule has 32 heavy (non-hydrogen) atoms. The summed E-state index contributed by atoms with van der Waals surface area (Å²) in [5, 5.41) is 16.0. The Hall–Kier alpha value is -4.32. The highest BCUT2D eigenvalue weighted by Gasteiger charge is 2.25. The van der Waals surface area contributed by atoms with Gasteiger partial charge >= 0.3 is 6.03 Å². The average Bonchev–Trinajstić information content (AvgIpc) is 3.19. The van der Waals surface area contributed by atoms with Crippen LogP contribution in [-0.2, 0) is 0 Å². The van der Waals surface area contributed by atoms with Gasteiger partial charge in [0.15, 0.2) is 0 Å². The second kappa shape index (κ2) is 8.81. The molecule has 9 nitrogen and oxygen atoms in total. The van der Waals surface area contributed by atoms with Crippen molar-refractivity contribution in [3.8, 4) is 11.8 Å². The summed E-state index contributed by atoms with van der Waals surface area (Å²) >= 11 is 0. The van der Waals surface area contributed by atoms with Gasteiger partial charge in [0.05, 0.1) is 11.9 Å². The van der Waals surface area contributed by atoms with Gasteiger partial charge in [-0.15, -0.1) is 0 Å². The number of nitrogens with zero attached hydrogens (tertiary/aromatic N) is 5. The molecular weight excluding hydrogens is 406 g/mol. The van der Waals surface area contributed by atoms with Crippen LogP contribution in [0.1, 0.15) is 21.5 Å². The summed E-state index contributed by atoms with van der Waals surface area (Å²) in [6, 6.07) is 16.4. The first-order chi connectivity index (χ1) is 15.5. The van der Waals surface area contributed by atoms with Gasteiger partial charge in [-0.3, -0.25) is 4.79 Å². The summed E-state index contributed by atoms with van der Waals surface area (Å²) in [7, 11) is 0. The molecule has 9 heteroatoms. The molecule has 3 amide bonds. The Morgan fingerprint density at radius 2 is 1.75 bits per heavy atom. The number of hydrogen-bond acceptors (Lipinski definition) is 5. The molecule has 1 fully saturated rings. The molecule has 2 aromatic carbocycles. The maximum atomic E-state index is 12.9. The number of amides is 3. The zero-order chi connectivity index (χ0) is 22.7. The summed E-state index contributed by atoms with van der Waals surface area (Å²) in [6.45, 7) is 3.81. The number of hydrogen-bond donors (Lipinski definition) is 2. The van der Waals surface area contributed by atoms with E-state index in [1.165, 1.54) is 10.9 Å². The van der Waals surface area contributed by atoms with Crippen molar-refractivity contribution >= 4 is 23.4 Å². The first-order valence-corrected chi connectivity index (χ1v) is 10.2. The molecule has 3 N–H and O–H groups in total. The van der Waals surface area contributed by atoms with Gasteiger partial charge in [-0.05, 0) is 48.9 Å². The maximum Gasteiger partial charge on any atom is 0.321 e. The highest BCUT2D eigenvalue weighted by molar-refractivity contribution is 5.95. The van der Waals surface area contributed by atoms with Crippen molar-refractivity contribution in [2.75, 3.05) is 37.2 Å². The van der Waals surface area contributed by atoms with E-state index in [2.05, 4.69) is 10.4 Å². The van der Waals surface area contributed by atoms with Crippen LogP contribution >= 0.6 is 0 Å². The van der Waals surface area contributed by atoms with E-state index in [4.69, 9.17) is 11.0 Å². The van der Waals surface area contributed by atoms with Crippen LogP contribution < -0.4 is 11.1 Å². The first-order valence-electron chi connectivity index (χ1n) is 10.2. The zero-order valence-electron chi connectivity index (χ0n) is 17.7. The largest absolute Gasteiger partial charge is 0.382 e. The minimum atomic E-state index is -0.166. The quantitative estimate of drug-likeness (QED) is 0.663. The molecule has 0 radical (unpaired) electrons. The van der Waals surface area contributed by atoms with Gasteiger partial charge in [-0.2, -0.15) is 10.4 Å². The Labute approximate surface area is 185 Å². The summed E-state index contributed by atoms with van der Waals surface area (Å²) in [5.41, 5.74) is 9.26. The van der Waals surface area contributed by atoms with Gasteiger partial charge in [0, 0.05) is 37.4 Å². The van der Waals surface area contributed by atoms with E-state index >= 15 is 0 Å². The number of carbonyl (C=O) groups excluding carboxylic acids is 2. The van der Waals surface area contributed by atoms with Crippen LogP contribution in [0.4, 0.5) is 16.3 Å².